The number of nitrogens with one attached hydrogen (secondary N) is 1. The molecule has 0 aliphatic heterocycles. The third kappa shape index (κ3) is 4.31. The molecule has 15 heavy (non-hydrogen) atoms. The van der Waals surface area contributed by atoms with E-state index >= 15 is 0 Å². The van der Waals surface area contributed by atoms with Gasteiger partial charge in [0.05, 0.1) is 12.3 Å². The summed E-state index contributed by atoms with van der Waals surface area (Å²) in [6.45, 7) is 5.76. The molecule has 1 atom stereocenters. The maximum Gasteiger partial charge on any atom is 0.394 e. The van der Waals surface area contributed by atoms with Crippen molar-refractivity contribution in [3.8, 4) is 6.08 Å². The molecule has 1 aromatic rings. The molecule has 0 bridgehead atoms. The molecular weight excluding hydrogens is 196 g/mol. The Morgan fingerprint density at radius 3 is 3.07 bits per heavy atom. The van der Waals surface area contributed by atoms with Gasteiger partial charge in [-0.05, 0) is 20.9 Å². The molecule has 0 radical (unpaired) electrons. The molecule has 0 fully saturated rings. The summed E-state index contributed by atoms with van der Waals surface area (Å²) in [5.74, 6) is 0. The smallest absolute Gasteiger partial charge is 0.394 e. The number of hydrogen-bond acceptors (Lipinski definition) is 5. The van der Waals surface area contributed by atoms with Crippen LogP contribution in [-0.2, 0) is 11.3 Å². The molecule has 5 nitrogen and oxygen atoms in total. The molecule has 0 spiro atoms. The molecule has 5 heteroatoms. The van der Waals surface area contributed by atoms with E-state index in [4.69, 9.17) is 13.9 Å². The van der Waals surface area contributed by atoms with Crippen molar-refractivity contribution in [3.63, 3.8) is 0 Å². The van der Waals surface area contributed by atoms with Crippen LogP contribution in [0.15, 0.2) is 10.7 Å². The molecule has 0 aromatic carbocycles. The highest BCUT2D eigenvalue weighted by Gasteiger charge is 2.09. The summed E-state index contributed by atoms with van der Waals surface area (Å²) < 4.78 is 15.8. The first-order chi connectivity index (χ1) is 7.26. The number of nitrogens with zero attached hydrogens (tertiary/aromatic N) is 1. The van der Waals surface area contributed by atoms with Crippen LogP contribution >= 0.6 is 0 Å². The Morgan fingerprint density at radius 1 is 1.60 bits per heavy atom. The summed E-state index contributed by atoms with van der Waals surface area (Å²) in [6, 6.07) is 0. The van der Waals surface area contributed by atoms with Crippen molar-refractivity contribution in [1.82, 2.24) is 10.3 Å². The third-order valence-corrected chi connectivity index (χ3v) is 1.75. The Kier molecular flexibility index (Phi) is 5.14. The van der Waals surface area contributed by atoms with Crippen LogP contribution in [0.1, 0.15) is 19.5 Å². The van der Waals surface area contributed by atoms with E-state index in [1.54, 1.807) is 6.26 Å². The molecule has 1 aromatic heterocycles. The van der Waals surface area contributed by atoms with Gasteiger partial charge in [0.2, 0.25) is 0 Å². The van der Waals surface area contributed by atoms with Gasteiger partial charge in [0.15, 0.2) is 0 Å². The molecule has 86 valence electrons. The van der Waals surface area contributed by atoms with Gasteiger partial charge in [-0.15, -0.1) is 0 Å². The van der Waals surface area contributed by atoms with Crippen LogP contribution in [0.25, 0.3) is 0 Å². The van der Waals surface area contributed by atoms with Gasteiger partial charge in [-0.25, -0.2) is 0 Å². The predicted molar refractivity (Wildman–Crippen MR) is 55.8 cm³/mol. The molecule has 0 saturated carbocycles. The van der Waals surface area contributed by atoms with Gasteiger partial charge in [-0.3, -0.25) is 0 Å². The average Bonchev–Trinajstić information content (AvgIpc) is 2.63. The van der Waals surface area contributed by atoms with Crippen LogP contribution in [0.5, 0.6) is 6.08 Å². The van der Waals surface area contributed by atoms with Gasteiger partial charge in [0, 0.05) is 13.2 Å². The first-order valence-corrected chi connectivity index (χ1v) is 5.09. The van der Waals surface area contributed by atoms with Crippen molar-refractivity contribution in [3.05, 3.63) is 12.0 Å². The third-order valence-electron chi connectivity index (χ3n) is 1.75. The van der Waals surface area contributed by atoms with Crippen LogP contribution in [0.4, 0.5) is 0 Å². The summed E-state index contributed by atoms with van der Waals surface area (Å²) in [4.78, 5) is 4.14. The van der Waals surface area contributed by atoms with Crippen LogP contribution in [0.3, 0.4) is 0 Å². The van der Waals surface area contributed by atoms with E-state index in [0.29, 0.717) is 25.8 Å². The Labute approximate surface area is 89.8 Å². The Morgan fingerprint density at radius 2 is 2.40 bits per heavy atom. The molecule has 1 rings (SSSR count). The van der Waals surface area contributed by atoms with Crippen molar-refractivity contribution in [2.45, 2.75) is 26.5 Å². The fraction of sp³-hybridized carbons (Fsp3) is 0.700. The van der Waals surface area contributed by atoms with Crippen molar-refractivity contribution in [2.75, 3.05) is 20.3 Å². The van der Waals surface area contributed by atoms with Gasteiger partial charge in [0.1, 0.15) is 12.4 Å². The first-order valence-electron chi connectivity index (χ1n) is 5.09. The Bertz CT molecular complexity index is 275. The van der Waals surface area contributed by atoms with Crippen LogP contribution < -0.4 is 10.1 Å². The number of hydrogen-bond donors (Lipinski definition) is 1. The molecule has 0 aliphatic rings. The monoisotopic (exact) mass is 214 g/mol. The normalized spacial score (nSPS) is 12.7. The van der Waals surface area contributed by atoms with Gasteiger partial charge in [-0.1, -0.05) is 0 Å². The first kappa shape index (κ1) is 12.0. The molecule has 1 N–H and O–H groups in total. The highest BCUT2D eigenvalue weighted by atomic mass is 16.6. The van der Waals surface area contributed by atoms with E-state index in [9.17, 15) is 0 Å². The maximum atomic E-state index is 5.41. The highest BCUT2D eigenvalue weighted by molar-refractivity contribution is 4.99. The molecule has 0 saturated heterocycles. The van der Waals surface area contributed by atoms with E-state index in [1.807, 2.05) is 20.9 Å². The van der Waals surface area contributed by atoms with E-state index in [0.717, 1.165) is 5.69 Å². The van der Waals surface area contributed by atoms with Gasteiger partial charge in [-0.2, -0.15) is 4.98 Å². The zero-order valence-electron chi connectivity index (χ0n) is 9.45. The quantitative estimate of drug-likeness (QED) is 0.739. The van der Waals surface area contributed by atoms with Crippen LogP contribution in [0, 0.1) is 0 Å². The summed E-state index contributed by atoms with van der Waals surface area (Å²) in [5.41, 5.74) is 0.830. The Hall–Kier alpha value is -1.07. The zero-order chi connectivity index (χ0) is 11.1. The summed E-state index contributed by atoms with van der Waals surface area (Å²) in [5, 5.41) is 2.98. The largest absolute Gasteiger partial charge is 0.445 e. The fourth-order valence-corrected chi connectivity index (χ4v) is 1.09. The van der Waals surface area contributed by atoms with Crippen molar-refractivity contribution in [2.24, 2.45) is 0 Å². The second-order valence-electron chi connectivity index (χ2n) is 3.22. The second-order valence-corrected chi connectivity index (χ2v) is 3.22. The number of ether oxygens (including phenoxy) is 2. The zero-order valence-corrected chi connectivity index (χ0v) is 9.45. The maximum absolute atomic E-state index is 5.41. The average molecular weight is 214 g/mol. The molecule has 0 aliphatic carbocycles. The standard InChI is InChI=1S/C10H18N2O3/c1-4-13-6-8(2)15-10-12-9(5-11-3)7-14-10/h7-8,11H,4-6H2,1-3H3. The summed E-state index contributed by atoms with van der Waals surface area (Å²) in [7, 11) is 1.85. The summed E-state index contributed by atoms with van der Waals surface area (Å²) >= 11 is 0. The second kappa shape index (κ2) is 6.42. The van der Waals surface area contributed by atoms with E-state index in [-0.39, 0.29) is 6.10 Å². The van der Waals surface area contributed by atoms with Gasteiger partial charge >= 0.3 is 6.08 Å². The van der Waals surface area contributed by atoms with E-state index in [1.165, 1.54) is 0 Å². The van der Waals surface area contributed by atoms with E-state index in [2.05, 4.69) is 10.3 Å². The van der Waals surface area contributed by atoms with Crippen molar-refractivity contribution < 1.29 is 13.9 Å². The number of aromatic nitrogens is 1. The minimum Gasteiger partial charge on any atom is -0.445 e. The predicted octanol–water partition coefficient (Wildman–Crippen LogP) is 1.20. The lowest BCUT2D eigenvalue weighted by Gasteiger charge is -2.10. The molecule has 1 heterocycles. The van der Waals surface area contributed by atoms with Gasteiger partial charge in [0.25, 0.3) is 0 Å². The fourth-order valence-electron chi connectivity index (χ4n) is 1.09. The lowest BCUT2D eigenvalue weighted by atomic mass is 10.4. The molecule has 1 unspecified atom stereocenters. The minimum absolute atomic E-state index is 0.0500. The molecular formula is C10H18N2O3. The van der Waals surface area contributed by atoms with Crippen molar-refractivity contribution >= 4 is 0 Å². The van der Waals surface area contributed by atoms with Gasteiger partial charge < -0.3 is 19.2 Å². The summed E-state index contributed by atoms with van der Waals surface area (Å²) in [6.07, 6.45) is 1.83. The number of oxazole rings is 1. The topological polar surface area (TPSA) is 56.5 Å². The lowest BCUT2D eigenvalue weighted by molar-refractivity contribution is 0.0494. The van der Waals surface area contributed by atoms with Crippen LogP contribution in [0.2, 0.25) is 0 Å². The minimum atomic E-state index is -0.0500. The number of rotatable bonds is 7. The molecule has 0 amide bonds. The SMILES string of the molecule is CCOCC(C)Oc1nc(CNC)co1. The van der Waals surface area contributed by atoms with Crippen LogP contribution in [-0.4, -0.2) is 31.3 Å². The lowest BCUT2D eigenvalue weighted by Crippen LogP contribution is -2.19. The Balaban J connectivity index is 2.35. The van der Waals surface area contributed by atoms with Crippen molar-refractivity contribution in [1.29, 1.82) is 0 Å². The van der Waals surface area contributed by atoms with E-state index < -0.39 is 0 Å². The highest BCUT2D eigenvalue weighted by Crippen LogP contribution is 2.11.